The van der Waals surface area contributed by atoms with E-state index in [2.05, 4.69) is 104 Å². The van der Waals surface area contributed by atoms with Crippen LogP contribution in [0.25, 0.3) is 11.1 Å². The Hall–Kier alpha value is -7.26. The summed E-state index contributed by atoms with van der Waals surface area (Å²) in [6.07, 6.45) is 0. The zero-order valence-electron chi connectivity index (χ0n) is 39.2. The number of hydrogen-bond acceptors (Lipinski definition) is 5. The van der Waals surface area contributed by atoms with Gasteiger partial charge in [0.25, 0.3) is 0 Å². The molecule has 0 saturated heterocycles. The summed E-state index contributed by atoms with van der Waals surface area (Å²) < 4.78 is 305. The lowest BCUT2D eigenvalue weighted by Crippen LogP contribution is -3.61. The molecule has 0 aliphatic rings. The lowest BCUT2D eigenvalue weighted by Gasteiger charge is -2.24. The van der Waals surface area contributed by atoms with Crippen molar-refractivity contribution in [3.8, 4) is 45.6 Å². The second kappa shape index (κ2) is 22.0. The molecule has 7 aromatic carbocycles. The number of aromatic carboxylic acids is 1. The van der Waals surface area contributed by atoms with E-state index in [1.165, 1.54) is 18.3 Å². The maximum Gasteiger partial charge on any atom is 0.357 e. The number of rotatable bonds is 10. The van der Waals surface area contributed by atoms with Crippen molar-refractivity contribution < 1.29 is 133 Å². The number of hydrogen-bond donors (Lipinski definition) is 0. The van der Waals surface area contributed by atoms with Gasteiger partial charge in [-0.25, -0.2) is 61.5 Å². The largest absolute Gasteiger partial charge is 0.545 e. The molecule has 26 heteroatoms. The van der Waals surface area contributed by atoms with E-state index in [-0.39, 0.29) is 32.0 Å². The summed E-state index contributed by atoms with van der Waals surface area (Å²) in [5.74, 6) is -81.2. The molecule has 77 heavy (non-hydrogen) atoms. The van der Waals surface area contributed by atoms with Crippen molar-refractivity contribution in [2.45, 2.75) is 52.4 Å². The van der Waals surface area contributed by atoms with Gasteiger partial charge in [0.15, 0.2) is 41.9 Å². The third-order valence-corrected chi connectivity index (χ3v) is 13.3. The topological polar surface area (TPSA) is 67.8 Å². The van der Waals surface area contributed by atoms with E-state index in [9.17, 15) is 88.9 Å². The van der Waals surface area contributed by atoms with Gasteiger partial charge in [0.05, 0.1) is 11.5 Å². The summed E-state index contributed by atoms with van der Waals surface area (Å²) in [6.45, 7) is 13.6. The van der Waals surface area contributed by atoms with Crippen LogP contribution in [0.3, 0.4) is 0 Å². The van der Waals surface area contributed by atoms with Gasteiger partial charge in [-0.3, -0.25) is 0 Å². The van der Waals surface area contributed by atoms with E-state index in [0.29, 0.717) is 0 Å². The Balaban J connectivity index is 0.000000381. The number of benzene rings is 7. The third-order valence-electron chi connectivity index (χ3n) is 10.6. The predicted molar refractivity (Wildman–Crippen MR) is 223 cm³/mol. The number of carbonyl (C=O) groups excluding carboxylic acids is 1. The van der Waals surface area contributed by atoms with E-state index < -0.39 is 180 Å². The molecule has 0 amide bonds. The fourth-order valence-corrected chi connectivity index (χ4v) is 8.77. The number of ether oxygens (including phenoxy) is 3. The average Bonchev–Trinajstić information content (AvgIpc) is 3.39. The normalized spacial score (nSPS) is 11.7. The smallest absolute Gasteiger partial charge is 0.357 e. The van der Waals surface area contributed by atoms with E-state index in [1.807, 2.05) is 0 Å². The van der Waals surface area contributed by atoms with Crippen molar-refractivity contribution in [1.29, 1.82) is 0 Å². The van der Waals surface area contributed by atoms with Crippen molar-refractivity contribution >= 4 is 5.97 Å². The quantitative estimate of drug-likeness (QED) is 0.0591. The van der Waals surface area contributed by atoms with Crippen LogP contribution in [0.4, 0.5) is 87.8 Å². The second-order valence-corrected chi connectivity index (χ2v) is 20.8. The van der Waals surface area contributed by atoms with Gasteiger partial charge in [0.2, 0.25) is 116 Å². The Morgan fingerprint density at radius 1 is 0.351 bits per heavy atom. The molecule has 0 N–H and O–H groups in total. The molecule has 0 heterocycles. The average molecular weight is 1230 g/mol. The Morgan fingerprint density at radius 2 is 0.610 bits per heavy atom. The van der Waals surface area contributed by atoms with Crippen LogP contribution in [-0.4, -0.2) is 5.97 Å². The minimum atomic E-state index is -3.17. The van der Waals surface area contributed by atoms with Gasteiger partial charge in [0.1, 0.15) is 0 Å². The Morgan fingerprint density at radius 3 is 0.896 bits per heavy atom. The van der Waals surface area contributed by atoms with Gasteiger partial charge >= 0.3 is 21.2 Å². The van der Waals surface area contributed by atoms with Crippen molar-refractivity contribution in [3.05, 3.63) is 195 Å². The fourth-order valence-electron chi connectivity index (χ4n) is 6.61. The van der Waals surface area contributed by atoms with Crippen molar-refractivity contribution in [3.63, 3.8) is 0 Å². The van der Waals surface area contributed by atoms with E-state index in [0.717, 1.165) is 0 Å². The molecule has 0 unspecified atom stereocenters. The molecule has 0 bridgehead atoms. The van der Waals surface area contributed by atoms with E-state index in [1.54, 1.807) is 0 Å². The number of carboxylic acids is 1. The zero-order chi connectivity index (χ0) is 57.8. The summed E-state index contributed by atoms with van der Waals surface area (Å²) in [7, 11) is 0. The van der Waals surface area contributed by atoms with Crippen LogP contribution in [0.1, 0.15) is 63.0 Å². The molecule has 0 atom stereocenters. The summed E-state index contributed by atoms with van der Waals surface area (Å²) in [4.78, 5) is 12.3. The first-order valence-electron chi connectivity index (χ1n) is 21.0. The first-order chi connectivity index (χ1) is 35.6. The molecular formula is C51H27F20IO5. The van der Waals surface area contributed by atoms with Crippen molar-refractivity contribution in [2.24, 2.45) is 0 Å². The highest BCUT2D eigenvalue weighted by atomic mass is 127. The molecule has 0 aliphatic carbocycles. The number of halogens is 21. The standard InChI is InChI=1S/C31H2F20O5.C20H26I/c32-6-5(7(33)9(35)10(36)8(6)34)4-2(31(52)53)1-3(54-28-20(46)14(40)11(37)15(41)21(28)47)26(55-29-22(48)16(42)12(38)17(43)23(29)49)27(4)56-30-24(50)18(44)13(39)19(45)25(30)51;1-19(2,3)15-7-11-17(12-8-15)21-18-13-9-16(10-14-18)20(4,5)6/h1H,(H,52,53);7-14H,1-6H3/q;+1/p-1. The van der Waals surface area contributed by atoms with Crippen molar-refractivity contribution in [1.82, 2.24) is 0 Å². The molecule has 408 valence electrons. The maximum absolute atomic E-state index is 15.2. The summed E-state index contributed by atoms with van der Waals surface area (Å²) in [5.41, 5.74) is -4.39. The Bertz CT molecular complexity index is 3350. The highest BCUT2D eigenvalue weighted by Gasteiger charge is 2.39. The Labute approximate surface area is 430 Å². The SMILES string of the molecule is CC(C)(C)c1ccc([I+]c2ccc(C(C)(C)C)cc2)cc1.O=C([O-])c1cc(Oc2c(F)c(F)c(F)c(F)c2F)c(Oc2c(F)c(F)c(F)c(F)c2F)c(Oc2c(F)c(F)c(F)c(F)c2F)c1-c1c(F)c(F)c(F)c(F)c1F. The van der Waals surface area contributed by atoms with Crippen LogP contribution in [0.15, 0.2) is 54.6 Å². The van der Waals surface area contributed by atoms with E-state index in [4.69, 9.17) is 0 Å². The highest BCUT2D eigenvalue weighted by Crippen LogP contribution is 2.54. The number of carboxylic acid groups (broad SMARTS) is 1. The lowest BCUT2D eigenvalue weighted by atomic mass is 9.87. The summed E-state index contributed by atoms with van der Waals surface area (Å²) in [6, 6.07) is 17.7. The first-order valence-corrected chi connectivity index (χ1v) is 23.2. The monoisotopic (exact) mass is 1230 g/mol. The van der Waals surface area contributed by atoms with Crippen molar-refractivity contribution in [2.75, 3.05) is 0 Å². The number of carbonyl (C=O) groups is 1. The predicted octanol–water partition coefficient (Wildman–Crippen LogP) is 12.3. The fraction of sp³-hybridized carbons (Fsp3) is 0.157. The molecule has 7 aromatic rings. The molecule has 0 spiro atoms. The van der Waals surface area contributed by atoms with Crippen LogP contribution in [0.2, 0.25) is 0 Å². The van der Waals surface area contributed by atoms with E-state index >= 15 is 8.78 Å². The highest BCUT2D eigenvalue weighted by molar-refractivity contribution is 5.99. The van der Waals surface area contributed by atoms with Crippen LogP contribution in [0.5, 0.6) is 34.5 Å². The van der Waals surface area contributed by atoms with Gasteiger partial charge in [0, 0.05) is 11.1 Å². The Kier molecular flexibility index (Phi) is 16.9. The summed E-state index contributed by atoms with van der Waals surface area (Å²) >= 11 is -0.0703. The van der Waals surface area contributed by atoms with Gasteiger partial charge in [-0.1, -0.05) is 65.8 Å². The van der Waals surface area contributed by atoms with Crippen LogP contribution in [-0.2, 0) is 10.8 Å². The van der Waals surface area contributed by atoms with Gasteiger partial charge < -0.3 is 24.1 Å². The first kappa shape index (κ1) is 59.0. The maximum atomic E-state index is 15.2. The zero-order valence-corrected chi connectivity index (χ0v) is 41.3. The molecule has 0 fully saturated rings. The minimum absolute atomic E-state index is 0.0703. The van der Waals surface area contributed by atoms with Gasteiger partial charge in [-0.15, -0.1) is 0 Å². The summed E-state index contributed by atoms with van der Waals surface area (Å²) in [5, 5.41) is 12.3. The van der Waals surface area contributed by atoms with Gasteiger partial charge in [-0.05, 0) is 52.3 Å². The molecule has 7 rings (SSSR count). The van der Waals surface area contributed by atoms with Crippen LogP contribution in [0, 0.1) is 123 Å². The molecule has 0 radical (unpaired) electrons. The second-order valence-electron chi connectivity index (χ2n) is 17.8. The molecule has 0 saturated carbocycles. The molecule has 0 aromatic heterocycles. The lowest BCUT2D eigenvalue weighted by molar-refractivity contribution is -0.597. The van der Waals surface area contributed by atoms with Gasteiger partial charge in [-0.2, -0.15) is 26.3 Å². The third kappa shape index (κ3) is 11.3. The van der Waals surface area contributed by atoms with Crippen LogP contribution >= 0.6 is 0 Å². The minimum Gasteiger partial charge on any atom is -0.545 e. The molecule has 0 aliphatic heterocycles. The molecule has 5 nitrogen and oxygen atoms in total. The molecular weight excluding hydrogens is 1200 g/mol. The van der Waals surface area contributed by atoms with Crippen LogP contribution < -0.4 is 40.5 Å².